The van der Waals surface area contributed by atoms with Gasteiger partial charge in [0.2, 0.25) is 0 Å². The molecule has 0 aromatic rings. The summed E-state index contributed by atoms with van der Waals surface area (Å²) in [7, 11) is 1.95. The summed E-state index contributed by atoms with van der Waals surface area (Å²) in [6, 6.07) is 0. The molecule has 4 aliphatic rings. The molecule has 1 aliphatic carbocycles. The van der Waals surface area contributed by atoms with Crippen molar-refractivity contribution in [2.75, 3.05) is 40.0 Å². The van der Waals surface area contributed by atoms with Crippen molar-refractivity contribution in [3.8, 4) is 0 Å². The molecule has 116 valence electrons. The highest BCUT2D eigenvalue weighted by molar-refractivity contribution is 5.33. The Bertz CT molecular complexity index is 528. The molecule has 3 heterocycles. The Balaban J connectivity index is 1.57. The fourth-order valence-corrected chi connectivity index (χ4v) is 3.24. The van der Waals surface area contributed by atoms with Crippen molar-refractivity contribution < 1.29 is 7.48 Å². The summed E-state index contributed by atoms with van der Waals surface area (Å²) >= 11 is 0. The minimum atomic E-state index is -0.525. The fourth-order valence-electron chi connectivity index (χ4n) is 3.24. The molecule has 0 aromatic carbocycles. The zero-order valence-electron chi connectivity index (χ0n) is 14.7. The van der Waals surface area contributed by atoms with Crippen molar-refractivity contribution in [3.05, 3.63) is 23.8 Å². The molecule has 1 saturated heterocycles. The second-order valence-electron chi connectivity index (χ2n) is 6.61. The molecular weight excluding hydrogens is 264 g/mol. The maximum Gasteiger partial charge on any atom is 0.0980 e. The first-order valence-corrected chi connectivity index (χ1v) is 8.09. The van der Waals surface area contributed by atoms with Gasteiger partial charge in [0.25, 0.3) is 0 Å². The van der Waals surface area contributed by atoms with Crippen molar-refractivity contribution in [2.45, 2.75) is 25.7 Å². The van der Waals surface area contributed by atoms with Crippen LogP contribution < -0.4 is 5.43 Å². The summed E-state index contributed by atoms with van der Waals surface area (Å²) in [6.45, 7) is 2.82. The van der Waals surface area contributed by atoms with E-state index >= 15 is 0 Å². The second-order valence-corrected chi connectivity index (χ2v) is 6.61. The lowest BCUT2D eigenvalue weighted by molar-refractivity contribution is 0.0522. The molecule has 1 saturated carbocycles. The summed E-state index contributed by atoms with van der Waals surface area (Å²) in [4.78, 5) is 3.90. The predicted octanol–water partition coefficient (Wildman–Crippen LogP) is 1.53. The van der Waals surface area contributed by atoms with Crippen molar-refractivity contribution in [3.63, 3.8) is 0 Å². The van der Waals surface area contributed by atoms with Crippen LogP contribution in [0, 0.1) is 11.8 Å². The first-order chi connectivity index (χ1) is 11.1. The van der Waals surface area contributed by atoms with E-state index in [2.05, 4.69) is 10.4 Å². The number of likely N-dealkylation sites (N-methyl/N-ethyl adjacent to an activating group) is 1. The van der Waals surface area contributed by atoms with E-state index in [9.17, 15) is 0 Å². The zero-order chi connectivity index (χ0) is 16.0. The minimum absolute atomic E-state index is 0.492. The molecule has 0 amide bonds. The van der Waals surface area contributed by atoms with Crippen LogP contribution in [-0.4, -0.2) is 54.8 Å². The van der Waals surface area contributed by atoms with Crippen LogP contribution in [0.5, 0.6) is 0 Å². The first-order valence-electron chi connectivity index (χ1n) is 9.17. The molecule has 1 N–H and O–H groups in total. The average molecular weight is 292 g/mol. The molecule has 0 spiro atoms. The SMILES string of the molecule is [2H]C1=C2C(=CNN2CC2CC2)N(C)C([2H])N1CC1CCOCC1. The lowest BCUT2D eigenvalue weighted by atomic mass is 10.00. The van der Waals surface area contributed by atoms with E-state index in [-0.39, 0.29) is 0 Å². The van der Waals surface area contributed by atoms with E-state index in [0.29, 0.717) is 12.1 Å². The predicted molar refractivity (Wildman–Crippen MR) is 81.6 cm³/mol. The van der Waals surface area contributed by atoms with Crippen LogP contribution >= 0.6 is 0 Å². The molecular formula is C16H26N4O. The average Bonchev–Trinajstić information content (AvgIpc) is 3.28. The first kappa shape index (κ1) is 11.2. The highest BCUT2D eigenvalue weighted by Gasteiger charge is 2.33. The Morgan fingerprint density at radius 2 is 2.00 bits per heavy atom. The monoisotopic (exact) mass is 292 g/mol. The van der Waals surface area contributed by atoms with Gasteiger partial charge in [0.15, 0.2) is 0 Å². The molecule has 21 heavy (non-hydrogen) atoms. The largest absolute Gasteiger partial charge is 0.381 e. The number of rotatable bonds is 4. The molecule has 0 bridgehead atoms. The van der Waals surface area contributed by atoms with Crippen LogP contribution in [0.1, 0.15) is 28.4 Å². The van der Waals surface area contributed by atoms with E-state index in [0.717, 1.165) is 56.5 Å². The molecule has 4 rings (SSSR count). The normalized spacial score (nSPS) is 31.8. The van der Waals surface area contributed by atoms with Crippen molar-refractivity contribution in [2.24, 2.45) is 11.8 Å². The molecule has 1 unspecified atom stereocenters. The summed E-state index contributed by atoms with van der Waals surface area (Å²) in [5.41, 5.74) is 5.21. The van der Waals surface area contributed by atoms with E-state index < -0.39 is 6.64 Å². The highest BCUT2D eigenvalue weighted by atomic mass is 16.5. The van der Waals surface area contributed by atoms with Gasteiger partial charge in [0.1, 0.15) is 0 Å². The fraction of sp³-hybridized carbons (Fsp3) is 0.750. The van der Waals surface area contributed by atoms with Gasteiger partial charge < -0.3 is 20.0 Å². The third-order valence-electron chi connectivity index (χ3n) is 4.75. The van der Waals surface area contributed by atoms with Crippen LogP contribution in [0.25, 0.3) is 0 Å². The number of hydrogen-bond acceptors (Lipinski definition) is 5. The lowest BCUT2D eigenvalue weighted by Gasteiger charge is -2.38. The van der Waals surface area contributed by atoms with Gasteiger partial charge in [-0.25, -0.2) is 0 Å². The Morgan fingerprint density at radius 3 is 2.76 bits per heavy atom. The van der Waals surface area contributed by atoms with Crippen molar-refractivity contribution in [1.82, 2.24) is 20.2 Å². The van der Waals surface area contributed by atoms with Crippen LogP contribution in [-0.2, 0) is 4.74 Å². The van der Waals surface area contributed by atoms with E-state index in [1.807, 2.05) is 23.0 Å². The third-order valence-corrected chi connectivity index (χ3v) is 4.75. The molecule has 3 aliphatic heterocycles. The van der Waals surface area contributed by atoms with E-state index in [1.165, 1.54) is 12.8 Å². The lowest BCUT2D eigenvalue weighted by Crippen LogP contribution is -2.42. The van der Waals surface area contributed by atoms with Crippen molar-refractivity contribution in [1.29, 1.82) is 0 Å². The van der Waals surface area contributed by atoms with Crippen LogP contribution in [0.3, 0.4) is 0 Å². The minimum Gasteiger partial charge on any atom is -0.381 e. The smallest absolute Gasteiger partial charge is 0.0980 e. The molecule has 5 heteroatoms. The van der Waals surface area contributed by atoms with Crippen LogP contribution in [0.2, 0.25) is 0 Å². The van der Waals surface area contributed by atoms with Gasteiger partial charge in [0, 0.05) is 45.7 Å². The summed E-state index contributed by atoms with van der Waals surface area (Å²) in [5.74, 6) is 1.27. The molecule has 5 nitrogen and oxygen atoms in total. The second kappa shape index (κ2) is 5.44. The Morgan fingerprint density at radius 1 is 1.24 bits per heavy atom. The number of ether oxygens (including phenoxy) is 1. The van der Waals surface area contributed by atoms with Gasteiger partial charge in [-0.05, 0) is 37.5 Å². The quantitative estimate of drug-likeness (QED) is 0.849. The topological polar surface area (TPSA) is 31.0 Å². The van der Waals surface area contributed by atoms with Crippen LogP contribution in [0.4, 0.5) is 0 Å². The van der Waals surface area contributed by atoms with Crippen LogP contribution in [0.15, 0.2) is 23.8 Å². The molecule has 2 fully saturated rings. The number of nitrogens with zero attached hydrogens (tertiary/aromatic N) is 3. The number of hydrogen-bond donors (Lipinski definition) is 1. The van der Waals surface area contributed by atoms with Gasteiger partial charge in [-0.15, -0.1) is 0 Å². The maximum absolute atomic E-state index is 8.70. The van der Waals surface area contributed by atoms with Crippen molar-refractivity contribution >= 4 is 0 Å². The molecule has 1 atom stereocenters. The van der Waals surface area contributed by atoms with Gasteiger partial charge >= 0.3 is 0 Å². The summed E-state index contributed by atoms with van der Waals surface area (Å²) < 4.78 is 22.7. The van der Waals surface area contributed by atoms with Gasteiger partial charge in [-0.3, -0.25) is 5.01 Å². The van der Waals surface area contributed by atoms with E-state index in [1.54, 1.807) is 0 Å². The van der Waals surface area contributed by atoms with Gasteiger partial charge in [0.05, 0.1) is 20.8 Å². The number of hydrazine groups is 1. The molecule has 0 aromatic heterocycles. The van der Waals surface area contributed by atoms with Gasteiger partial charge in [-0.2, -0.15) is 0 Å². The standard InChI is InChI=1S/C16H26N4O/c1-18-12-19(9-14-4-6-21-7-5-14)11-16-15(18)8-17-20(16)10-13-2-3-13/h8,11,13-14,17H,2-7,9-10,12H2,1H3/i11D,12D. The summed E-state index contributed by atoms with van der Waals surface area (Å²) in [6.07, 6.45) is 7.07. The summed E-state index contributed by atoms with van der Waals surface area (Å²) in [5, 5.41) is 2.11. The number of nitrogens with one attached hydrogen (secondary N) is 1. The zero-order valence-corrected chi connectivity index (χ0v) is 12.7. The number of fused-ring (bicyclic) bond motifs is 1. The Hall–Kier alpha value is -1.36. The third kappa shape index (κ3) is 2.84. The van der Waals surface area contributed by atoms with E-state index in [4.69, 9.17) is 7.48 Å². The van der Waals surface area contributed by atoms with Gasteiger partial charge in [-0.1, -0.05) is 0 Å². The maximum atomic E-state index is 8.70. The highest BCUT2D eigenvalue weighted by Crippen LogP contribution is 2.34. The Kier molecular flexibility index (Phi) is 2.91. The molecule has 0 radical (unpaired) electrons. The Labute approximate surface area is 130 Å².